The Morgan fingerprint density at radius 3 is 2.26 bits per heavy atom. The van der Waals surface area contributed by atoms with E-state index in [2.05, 4.69) is 34.6 Å². The quantitative estimate of drug-likeness (QED) is 0.710. The van der Waals surface area contributed by atoms with Crippen molar-refractivity contribution in [2.45, 2.75) is 31.8 Å². The molecule has 5 heteroatoms. The summed E-state index contributed by atoms with van der Waals surface area (Å²) in [5, 5.41) is 6.24. The molecular formula is C22H31N3O2. The van der Waals surface area contributed by atoms with Gasteiger partial charge in [0, 0.05) is 12.6 Å². The number of rotatable bonds is 9. The number of nitrogens with zero attached hydrogens (tertiary/aromatic N) is 1. The lowest BCUT2D eigenvalue weighted by molar-refractivity contribution is 0.228. The first-order valence-electron chi connectivity index (χ1n) is 9.41. The molecule has 0 aliphatic carbocycles. The second-order valence-electron chi connectivity index (χ2n) is 7.00. The molecule has 2 amide bonds. The van der Waals surface area contributed by atoms with Crippen molar-refractivity contribution in [3.8, 4) is 5.75 Å². The molecule has 0 spiro atoms. The molecular weight excluding hydrogens is 338 g/mol. The first-order valence-corrected chi connectivity index (χ1v) is 9.41. The third-order valence-electron chi connectivity index (χ3n) is 4.48. The summed E-state index contributed by atoms with van der Waals surface area (Å²) in [7, 11) is 5.68. The number of carbonyl (C=O) groups is 1. The van der Waals surface area contributed by atoms with Crippen LogP contribution in [-0.4, -0.2) is 44.7 Å². The van der Waals surface area contributed by atoms with Crippen LogP contribution >= 0.6 is 0 Å². The number of methoxy groups -OCH3 is 1. The first-order chi connectivity index (χ1) is 13.0. The van der Waals surface area contributed by atoms with Crippen molar-refractivity contribution < 1.29 is 9.53 Å². The van der Waals surface area contributed by atoms with Crippen LogP contribution in [0.1, 0.15) is 30.5 Å². The summed E-state index contributed by atoms with van der Waals surface area (Å²) in [6.07, 6.45) is 1.61. The maximum atomic E-state index is 12.6. The highest BCUT2D eigenvalue weighted by atomic mass is 16.5. The lowest BCUT2D eigenvalue weighted by Crippen LogP contribution is -2.48. The predicted molar refractivity (Wildman–Crippen MR) is 110 cm³/mol. The molecule has 2 rings (SSSR count). The Balaban J connectivity index is 1.99. The van der Waals surface area contributed by atoms with Gasteiger partial charge >= 0.3 is 6.03 Å². The van der Waals surface area contributed by atoms with Crippen molar-refractivity contribution in [2.75, 3.05) is 27.7 Å². The van der Waals surface area contributed by atoms with E-state index in [9.17, 15) is 4.79 Å². The van der Waals surface area contributed by atoms with E-state index >= 15 is 0 Å². The van der Waals surface area contributed by atoms with Gasteiger partial charge < -0.3 is 20.3 Å². The van der Waals surface area contributed by atoms with E-state index in [0.29, 0.717) is 0 Å². The van der Waals surface area contributed by atoms with Gasteiger partial charge in [0.25, 0.3) is 0 Å². The average Bonchev–Trinajstić information content (AvgIpc) is 2.66. The minimum atomic E-state index is -0.138. The van der Waals surface area contributed by atoms with Crippen LogP contribution in [0.5, 0.6) is 5.75 Å². The first kappa shape index (κ1) is 20.8. The van der Waals surface area contributed by atoms with Crippen molar-refractivity contribution in [3.63, 3.8) is 0 Å². The van der Waals surface area contributed by atoms with Crippen LogP contribution in [-0.2, 0) is 6.42 Å². The number of hydrogen-bond acceptors (Lipinski definition) is 3. The highest BCUT2D eigenvalue weighted by molar-refractivity contribution is 5.74. The van der Waals surface area contributed by atoms with Crippen molar-refractivity contribution in [3.05, 3.63) is 65.7 Å². The van der Waals surface area contributed by atoms with Gasteiger partial charge in [0.2, 0.25) is 0 Å². The van der Waals surface area contributed by atoms with Gasteiger partial charge in [-0.2, -0.15) is 0 Å². The SMILES string of the molecule is CCC(NC(=O)NC(Cc1ccccc1)CN(C)C)c1ccc(OC)cc1. The molecule has 0 aromatic heterocycles. The number of likely N-dealkylation sites (N-methyl/N-ethyl adjacent to an activating group) is 1. The van der Waals surface area contributed by atoms with Crippen LogP contribution in [0, 0.1) is 0 Å². The van der Waals surface area contributed by atoms with Crippen molar-refractivity contribution >= 4 is 6.03 Å². The Morgan fingerprint density at radius 2 is 1.70 bits per heavy atom. The van der Waals surface area contributed by atoms with E-state index < -0.39 is 0 Å². The summed E-state index contributed by atoms with van der Waals surface area (Å²) in [6, 6.07) is 17.9. The minimum Gasteiger partial charge on any atom is -0.497 e. The van der Waals surface area contributed by atoms with E-state index in [1.54, 1.807) is 7.11 Å². The number of ether oxygens (including phenoxy) is 1. The summed E-state index contributed by atoms with van der Waals surface area (Å²) < 4.78 is 5.21. The number of carbonyl (C=O) groups excluding carboxylic acids is 1. The third-order valence-corrected chi connectivity index (χ3v) is 4.48. The Morgan fingerprint density at radius 1 is 1.04 bits per heavy atom. The van der Waals surface area contributed by atoms with Gasteiger partial charge in [0.05, 0.1) is 13.2 Å². The molecule has 0 radical (unpaired) electrons. The lowest BCUT2D eigenvalue weighted by Gasteiger charge is -2.25. The van der Waals surface area contributed by atoms with Crippen molar-refractivity contribution in [1.82, 2.24) is 15.5 Å². The van der Waals surface area contributed by atoms with Gasteiger partial charge in [-0.3, -0.25) is 0 Å². The standard InChI is InChI=1S/C22H31N3O2/c1-5-21(18-11-13-20(27-4)14-12-18)24-22(26)23-19(16-25(2)3)15-17-9-7-6-8-10-17/h6-14,19,21H,5,15-16H2,1-4H3,(H2,23,24,26). The maximum absolute atomic E-state index is 12.6. The molecule has 27 heavy (non-hydrogen) atoms. The Bertz CT molecular complexity index is 686. The van der Waals surface area contributed by atoms with Crippen LogP contribution in [0.25, 0.3) is 0 Å². The average molecular weight is 370 g/mol. The molecule has 0 saturated carbocycles. The normalized spacial score (nSPS) is 13.1. The van der Waals surface area contributed by atoms with Gasteiger partial charge in [-0.25, -0.2) is 4.79 Å². The number of amides is 2. The van der Waals surface area contributed by atoms with Gasteiger partial charge in [-0.1, -0.05) is 49.4 Å². The molecule has 146 valence electrons. The molecule has 0 fully saturated rings. The second-order valence-corrected chi connectivity index (χ2v) is 7.00. The van der Waals surface area contributed by atoms with Crippen LogP contribution in [0.15, 0.2) is 54.6 Å². The Kier molecular flexibility index (Phi) is 8.14. The zero-order chi connectivity index (χ0) is 19.6. The molecule has 0 bridgehead atoms. The maximum Gasteiger partial charge on any atom is 0.315 e. The monoisotopic (exact) mass is 369 g/mol. The predicted octanol–water partition coefficient (Wildman–Crippen LogP) is 3.62. The fourth-order valence-electron chi connectivity index (χ4n) is 3.14. The zero-order valence-electron chi connectivity index (χ0n) is 16.7. The second kappa shape index (κ2) is 10.6. The largest absolute Gasteiger partial charge is 0.497 e. The summed E-state index contributed by atoms with van der Waals surface area (Å²) >= 11 is 0. The highest BCUT2D eigenvalue weighted by Crippen LogP contribution is 2.20. The molecule has 2 aromatic rings. The number of benzene rings is 2. The van der Waals surface area contributed by atoms with Gasteiger partial charge in [0.1, 0.15) is 5.75 Å². The van der Waals surface area contributed by atoms with E-state index in [0.717, 1.165) is 30.7 Å². The highest BCUT2D eigenvalue weighted by Gasteiger charge is 2.17. The molecule has 2 atom stereocenters. The van der Waals surface area contributed by atoms with E-state index in [1.165, 1.54) is 5.56 Å². The fourth-order valence-corrected chi connectivity index (χ4v) is 3.14. The van der Waals surface area contributed by atoms with Crippen molar-refractivity contribution in [2.24, 2.45) is 0 Å². The summed E-state index contributed by atoms with van der Waals surface area (Å²) in [6.45, 7) is 2.85. The number of urea groups is 1. The van der Waals surface area contributed by atoms with Crippen molar-refractivity contribution in [1.29, 1.82) is 0 Å². The van der Waals surface area contributed by atoms with Crippen LogP contribution in [0.4, 0.5) is 4.79 Å². The molecule has 0 aliphatic rings. The Labute approximate surface area is 162 Å². The molecule has 0 aliphatic heterocycles. The number of hydrogen-bond donors (Lipinski definition) is 2. The summed E-state index contributed by atoms with van der Waals surface area (Å²) in [4.78, 5) is 14.7. The summed E-state index contributed by atoms with van der Waals surface area (Å²) in [5.74, 6) is 0.812. The van der Waals surface area contributed by atoms with Gasteiger partial charge in [-0.15, -0.1) is 0 Å². The molecule has 2 unspecified atom stereocenters. The molecule has 0 saturated heterocycles. The lowest BCUT2D eigenvalue weighted by atomic mass is 10.0. The van der Waals surface area contributed by atoms with Gasteiger partial charge in [-0.05, 0) is 50.2 Å². The smallest absolute Gasteiger partial charge is 0.315 e. The van der Waals surface area contributed by atoms with E-state index in [4.69, 9.17) is 4.74 Å². The van der Waals surface area contributed by atoms with Crippen LogP contribution in [0.3, 0.4) is 0 Å². The van der Waals surface area contributed by atoms with Gasteiger partial charge in [0.15, 0.2) is 0 Å². The Hall–Kier alpha value is -2.53. The third kappa shape index (κ3) is 6.94. The van der Waals surface area contributed by atoms with E-state index in [-0.39, 0.29) is 18.1 Å². The molecule has 5 nitrogen and oxygen atoms in total. The summed E-state index contributed by atoms with van der Waals surface area (Å²) in [5.41, 5.74) is 2.28. The zero-order valence-corrected chi connectivity index (χ0v) is 16.7. The van der Waals surface area contributed by atoms with E-state index in [1.807, 2.05) is 56.6 Å². The van der Waals surface area contributed by atoms with Crippen LogP contribution < -0.4 is 15.4 Å². The molecule has 0 heterocycles. The molecule has 2 aromatic carbocycles. The number of nitrogens with one attached hydrogen (secondary N) is 2. The van der Waals surface area contributed by atoms with Crippen LogP contribution in [0.2, 0.25) is 0 Å². The molecule has 2 N–H and O–H groups in total. The fraction of sp³-hybridized carbons (Fsp3) is 0.409. The minimum absolute atomic E-state index is 0.0346. The topological polar surface area (TPSA) is 53.6 Å².